The van der Waals surface area contributed by atoms with Gasteiger partial charge in [0, 0.05) is 11.3 Å². The van der Waals surface area contributed by atoms with Crippen molar-refractivity contribution in [3.8, 4) is 0 Å². The maximum atomic E-state index is 12.5. The fourth-order valence-corrected chi connectivity index (χ4v) is 3.00. The smallest absolute Gasteiger partial charge is 0.408 e. The third-order valence-corrected chi connectivity index (χ3v) is 4.51. The lowest BCUT2D eigenvalue weighted by molar-refractivity contribution is -0.152. The molecule has 32 heavy (non-hydrogen) atoms. The molecule has 12 heteroatoms. The van der Waals surface area contributed by atoms with E-state index in [-0.39, 0.29) is 18.9 Å². The van der Waals surface area contributed by atoms with Gasteiger partial charge in [0.1, 0.15) is 24.4 Å². The van der Waals surface area contributed by atoms with Gasteiger partial charge < -0.3 is 24.3 Å². The van der Waals surface area contributed by atoms with Crippen molar-refractivity contribution >= 4 is 24.0 Å². The third-order valence-electron chi connectivity index (χ3n) is 4.51. The number of rotatable bonds is 10. The highest BCUT2D eigenvalue weighted by Gasteiger charge is 2.29. The quantitative estimate of drug-likeness (QED) is 0.172. The molecule has 1 amide bonds. The molecule has 1 rings (SSSR count). The number of esters is 3. The van der Waals surface area contributed by atoms with Gasteiger partial charge >= 0.3 is 24.0 Å². The SMILES string of the molecule is COC(=O)[C@H](COC(=O)[C@H](CCC(=O)OC1CCCCC1)NC(=O)OC(C)(C)C)N=[N+]=[N-]. The maximum Gasteiger partial charge on any atom is 0.408 e. The monoisotopic (exact) mass is 456 g/mol. The summed E-state index contributed by atoms with van der Waals surface area (Å²) < 4.78 is 20.1. The van der Waals surface area contributed by atoms with Gasteiger partial charge in [-0.25, -0.2) is 9.59 Å². The second kappa shape index (κ2) is 13.4. The van der Waals surface area contributed by atoms with Gasteiger partial charge in [0.25, 0.3) is 0 Å². The Balaban J connectivity index is 2.73. The molecular weight excluding hydrogens is 424 g/mol. The Kier molecular flexibility index (Phi) is 11.3. The maximum absolute atomic E-state index is 12.5. The number of amides is 1. The second-order valence-electron chi connectivity index (χ2n) is 8.36. The third kappa shape index (κ3) is 10.9. The predicted molar refractivity (Wildman–Crippen MR) is 111 cm³/mol. The molecule has 1 aliphatic rings. The van der Waals surface area contributed by atoms with Crippen molar-refractivity contribution in [2.24, 2.45) is 5.11 Å². The molecule has 12 nitrogen and oxygen atoms in total. The van der Waals surface area contributed by atoms with Gasteiger partial charge in [-0.1, -0.05) is 11.5 Å². The van der Waals surface area contributed by atoms with Crippen LogP contribution in [-0.2, 0) is 33.3 Å². The van der Waals surface area contributed by atoms with Gasteiger partial charge in [0.15, 0.2) is 6.04 Å². The largest absolute Gasteiger partial charge is 0.469 e. The molecule has 2 atom stereocenters. The molecule has 0 aromatic rings. The van der Waals surface area contributed by atoms with Crippen LogP contribution in [-0.4, -0.2) is 61.5 Å². The normalized spacial score (nSPS) is 16.0. The Labute approximate surface area is 186 Å². The van der Waals surface area contributed by atoms with Crippen molar-refractivity contribution in [1.82, 2.24) is 5.32 Å². The standard InChI is InChI=1S/C20H32N4O8/c1-20(2,3)32-19(28)22-14(10-11-16(25)31-13-8-6-5-7-9-13)18(27)30-12-15(23-24-21)17(26)29-4/h13-15H,5-12H2,1-4H3,(H,22,28)/t14-,15-/m0/s1. The fraction of sp³-hybridized carbons (Fsp3) is 0.800. The number of methoxy groups -OCH3 is 1. The minimum Gasteiger partial charge on any atom is -0.469 e. The van der Waals surface area contributed by atoms with Crippen LogP contribution >= 0.6 is 0 Å². The van der Waals surface area contributed by atoms with Crippen molar-refractivity contribution in [3.63, 3.8) is 0 Å². The lowest BCUT2D eigenvalue weighted by atomic mass is 9.98. The number of alkyl carbamates (subject to hydrolysis) is 1. The predicted octanol–water partition coefficient (Wildman–Crippen LogP) is 2.93. The van der Waals surface area contributed by atoms with Gasteiger partial charge in [-0.05, 0) is 58.4 Å². The van der Waals surface area contributed by atoms with E-state index in [4.69, 9.17) is 19.7 Å². The highest BCUT2D eigenvalue weighted by molar-refractivity contribution is 5.83. The molecule has 0 aromatic carbocycles. The molecule has 0 radical (unpaired) electrons. The highest BCUT2D eigenvalue weighted by atomic mass is 16.6. The Morgan fingerprint density at radius 2 is 1.78 bits per heavy atom. The fourth-order valence-electron chi connectivity index (χ4n) is 3.00. The number of hydrogen-bond acceptors (Lipinski definition) is 9. The molecule has 0 bridgehead atoms. The summed E-state index contributed by atoms with van der Waals surface area (Å²) in [5, 5.41) is 5.59. The molecule has 0 saturated heterocycles. The summed E-state index contributed by atoms with van der Waals surface area (Å²) in [7, 11) is 1.09. The van der Waals surface area contributed by atoms with Crippen molar-refractivity contribution in [2.45, 2.75) is 89.5 Å². The first-order valence-corrected chi connectivity index (χ1v) is 10.5. The Morgan fingerprint density at radius 1 is 1.12 bits per heavy atom. The first-order valence-electron chi connectivity index (χ1n) is 10.5. The molecule has 1 N–H and O–H groups in total. The minimum atomic E-state index is -1.38. The molecule has 1 saturated carbocycles. The minimum absolute atomic E-state index is 0.103. The van der Waals surface area contributed by atoms with Crippen molar-refractivity contribution in [3.05, 3.63) is 10.4 Å². The molecule has 1 aliphatic carbocycles. The van der Waals surface area contributed by atoms with E-state index in [1.165, 1.54) is 0 Å². The molecule has 180 valence electrons. The van der Waals surface area contributed by atoms with Crippen molar-refractivity contribution in [2.75, 3.05) is 13.7 Å². The molecule has 0 spiro atoms. The zero-order chi connectivity index (χ0) is 24.1. The van der Waals surface area contributed by atoms with Crippen LogP contribution in [0.25, 0.3) is 10.4 Å². The Bertz CT molecular complexity index is 709. The van der Waals surface area contributed by atoms with E-state index in [2.05, 4.69) is 20.1 Å². The van der Waals surface area contributed by atoms with E-state index in [1.54, 1.807) is 20.8 Å². The van der Waals surface area contributed by atoms with E-state index in [9.17, 15) is 19.2 Å². The zero-order valence-electron chi connectivity index (χ0n) is 19.0. The summed E-state index contributed by atoms with van der Waals surface area (Å²) in [6, 6.07) is -2.62. The van der Waals surface area contributed by atoms with Gasteiger partial charge in [0.05, 0.1) is 7.11 Å². The summed E-state index contributed by atoms with van der Waals surface area (Å²) in [5.74, 6) is -2.30. The molecule has 0 unspecified atom stereocenters. The van der Waals surface area contributed by atoms with E-state index < -0.39 is 48.3 Å². The van der Waals surface area contributed by atoms with Crippen LogP contribution in [0.5, 0.6) is 0 Å². The van der Waals surface area contributed by atoms with E-state index in [0.717, 1.165) is 39.2 Å². The topological polar surface area (TPSA) is 166 Å². The van der Waals surface area contributed by atoms with E-state index in [1.807, 2.05) is 0 Å². The van der Waals surface area contributed by atoms with Crippen LogP contribution in [0.4, 0.5) is 4.79 Å². The summed E-state index contributed by atoms with van der Waals surface area (Å²) in [4.78, 5) is 51.0. The second-order valence-corrected chi connectivity index (χ2v) is 8.36. The van der Waals surface area contributed by atoms with Crippen LogP contribution in [0.1, 0.15) is 65.7 Å². The van der Waals surface area contributed by atoms with Crippen molar-refractivity contribution < 1.29 is 38.1 Å². The first kappa shape index (κ1) is 27.0. The first-order chi connectivity index (χ1) is 15.1. The molecular formula is C20H32N4O8. The number of carbonyl (C=O) groups excluding carboxylic acids is 4. The summed E-state index contributed by atoms with van der Waals surface area (Å²) in [6.07, 6.45) is 3.48. The summed E-state index contributed by atoms with van der Waals surface area (Å²) >= 11 is 0. The Hall–Kier alpha value is -3.01. The van der Waals surface area contributed by atoms with Crippen LogP contribution < -0.4 is 5.32 Å². The number of nitrogens with one attached hydrogen (secondary N) is 1. The van der Waals surface area contributed by atoms with Gasteiger partial charge in [-0.3, -0.25) is 9.59 Å². The number of carbonyl (C=O) groups is 4. The molecule has 1 fully saturated rings. The number of ether oxygens (including phenoxy) is 4. The Morgan fingerprint density at radius 3 is 2.34 bits per heavy atom. The van der Waals surface area contributed by atoms with Gasteiger partial charge in [0.2, 0.25) is 0 Å². The van der Waals surface area contributed by atoms with Crippen LogP contribution in [0.15, 0.2) is 5.11 Å². The number of hydrogen-bond donors (Lipinski definition) is 1. The summed E-state index contributed by atoms with van der Waals surface area (Å²) in [6.45, 7) is 4.38. The number of nitrogens with zero attached hydrogens (tertiary/aromatic N) is 3. The van der Waals surface area contributed by atoms with Gasteiger partial charge in [-0.2, -0.15) is 0 Å². The summed E-state index contributed by atoms with van der Waals surface area (Å²) in [5.41, 5.74) is 7.74. The molecule has 0 aliphatic heterocycles. The van der Waals surface area contributed by atoms with Crippen LogP contribution in [0.2, 0.25) is 0 Å². The van der Waals surface area contributed by atoms with Gasteiger partial charge in [-0.15, -0.1) is 0 Å². The van der Waals surface area contributed by atoms with E-state index in [0.29, 0.717) is 0 Å². The average Bonchev–Trinajstić information content (AvgIpc) is 2.72. The zero-order valence-corrected chi connectivity index (χ0v) is 19.0. The molecule has 0 heterocycles. The van der Waals surface area contributed by atoms with E-state index >= 15 is 0 Å². The lowest BCUT2D eigenvalue weighted by Crippen LogP contribution is -2.45. The lowest BCUT2D eigenvalue weighted by Gasteiger charge is -2.24. The molecule has 0 aromatic heterocycles. The highest BCUT2D eigenvalue weighted by Crippen LogP contribution is 2.21. The van der Waals surface area contributed by atoms with Crippen LogP contribution in [0, 0.1) is 0 Å². The average molecular weight is 456 g/mol. The van der Waals surface area contributed by atoms with Crippen LogP contribution in [0.3, 0.4) is 0 Å². The van der Waals surface area contributed by atoms with Crippen molar-refractivity contribution in [1.29, 1.82) is 0 Å². The number of azide groups is 1.